The van der Waals surface area contributed by atoms with E-state index in [2.05, 4.69) is 20.0 Å². The average molecular weight is 817 g/mol. The van der Waals surface area contributed by atoms with E-state index < -0.39 is 18.0 Å². The van der Waals surface area contributed by atoms with Crippen molar-refractivity contribution in [1.29, 1.82) is 0 Å². The first-order valence-corrected chi connectivity index (χ1v) is 21.2. The lowest BCUT2D eigenvalue weighted by molar-refractivity contribution is -0.145. The van der Waals surface area contributed by atoms with E-state index in [1.165, 1.54) is 4.57 Å². The first-order chi connectivity index (χ1) is 28.4. The molecule has 7 rings (SSSR count). The summed E-state index contributed by atoms with van der Waals surface area (Å²) in [7, 11) is 5.66. The second-order valence-corrected chi connectivity index (χ2v) is 16.8. The number of fused-ring (bicyclic) bond motifs is 2. The maximum Gasteiger partial charge on any atom is 0.419 e. The van der Waals surface area contributed by atoms with Crippen LogP contribution in [0.15, 0.2) is 45.6 Å². The molecule has 16 nitrogen and oxygen atoms in total. The SMILES string of the molecule is Cc1cc(C[C@@H](OC(=O)N2CCC(N3CCc4ccccc4NC3=O)CC2)C(=O)N2CCC(N3CCN(CC(=O)OCCCN(C)C)CC3)CC2)cc2oc(=O)n(C)c12. The molecule has 3 aromatic rings. The molecule has 3 saturated heterocycles. The van der Waals surface area contributed by atoms with E-state index >= 15 is 0 Å². The maximum absolute atomic E-state index is 14.3. The van der Waals surface area contributed by atoms with Gasteiger partial charge in [0.05, 0.1) is 18.7 Å². The van der Waals surface area contributed by atoms with E-state index in [4.69, 9.17) is 13.9 Å². The number of piperidine rings is 2. The summed E-state index contributed by atoms with van der Waals surface area (Å²) in [4.78, 5) is 78.1. The van der Waals surface area contributed by atoms with Crippen LogP contribution in [0.1, 0.15) is 48.8 Å². The van der Waals surface area contributed by atoms with Crippen LogP contribution in [0.4, 0.5) is 15.3 Å². The smallest absolute Gasteiger partial charge is 0.419 e. The Kier molecular flexibility index (Phi) is 13.6. The number of rotatable bonds is 12. The quantitative estimate of drug-likeness (QED) is 0.212. The van der Waals surface area contributed by atoms with Gasteiger partial charge in [-0.25, -0.2) is 14.4 Å². The van der Waals surface area contributed by atoms with Gasteiger partial charge in [-0.15, -0.1) is 0 Å². The Morgan fingerprint density at radius 1 is 0.898 bits per heavy atom. The Hall–Kier alpha value is -4.93. The fraction of sp³-hybridized carbons (Fsp3) is 0.605. The third kappa shape index (κ3) is 10.3. The molecule has 0 unspecified atom stereocenters. The summed E-state index contributed by atoms with van der Waals surface area (Å²) in [6, 6.07) is 11.7. The molecule has 4 aliphatic rings. The molecule has 0 spiro atoms. The molecule has 16 heteroatoms. The predicted octanol–water partition coefficient (Wildman–Crippen LogP) is 3.15. The number of hydrogen-bond acceptors (Lipinski definition) is 11. The molecule has 1 N–H and O–H groups in total. The van der Waals surface area contributed by atoms with Gasteiger partial charge in [0.1, 0.15) is 0 Å². The van der Waals surface area contributed by atoms with E-state index in [0.29, 0.717) is 75.9 Å². The van der Waals surface area contributed by atoms with Gasteiger partial charge >= 0.3 is 23.8 Å². The Morgan fingerprint density at radius 3 is 2.32 bits per heavy atom. The minimum absolute atomic E-state index is 0.0233. The monoisotopic (exact) mass is 816 g/mol. The van der Waals surface area contributed by atoms with Gasteiger partial charge in [-0.2, -0.15) is 0 Å². The highest BCUT2D eigenvalue weighted by atomic mass is 16.6. The van der Waals surface area contributed by atoms with Crippen molar-refractivity contribution in [2.75, 3.05) is 98.0 Å². The second-order valence-electron chi connectivity index (χ2n) is 16.8. The summed E-state index contributed by atoms with van der Waals surface area (Å²) >= 11 is 0. The second kappa shape index (κ2) is 19.0. The molecule has 59 heavy (non-hydrogen) atoms. The lowest BCUT2D eigenvalue weighted by Crippen LogP contribution is -2.55. The van der Waals surface area contributed by atoms with Crippen LogP contribution in [0.2, 0.25) is 0 Å². The molecule has 0 radical (unpaired) electrons. The molecule has 0 aliphatic carbocycles. The standard InChI is InChI=1S/C43H60N8O8/c1-30-26-31(27-36-39(30)46(4)42(55)58-36)28-37(59-43(56)50-18-13-34(14-19-50)51-20-10-32-8-5-6-9-35(32)44-41(51)54)40(53)49-16-11-33(12-17-49)48-23-21-47(22-24-48)29-38(52)57-25-7-15-45(2)3/h5-6,8-9,26-27,33-34,37H,7,10-25,28-29H2,1-4H3,(H,44,54)/t37-/m1/s1. The van der Waals surface area contributed by atoms with Crippen molar-refractivity contribution in [3.63, 3.8) is 0 Å². The van der Waals surface area contributed by atoms with Crippen LogP contribution in [0, 0.1) is 6.92 Å². The highest BCUT2D eigenvalue weighted by Gasteiger charge is 2.37. The van der Waals surface area contributed by atoms with Gasteiger partial charge in [0.25, 0.3) is 5.91 Å². The van der Waals surface area contributed by atoms with Gasteiger partial charge in [0.15, 0.2) is 11.7 Å². The van der Waals surface area contributed by atoms with Crippen LogP contribution in [-0.2, 0) is 39.0 Å². The first kappa shape index (κ1) is 42.2. The number of aryl methyl sites for hydroxylation is 2. The van der Waals surface area contributed by atoms with Crippen molar-refractivity contribution < 1.29 is 33.1 Å². The summed E-state index contributed by atoms with van der Waals surface area (Å²) in [5.74, 6) is -0.891. The number of piperazine rings is 1. The molecule has 0 bridgehead atoms. The predicted molar refractivity (Wildman–Crippen MR) is 222 cm³/mol. The zero-order valence-corrected chi connectivity index (χ0v) is 35.0. The number of para-hydroxylation sites is 1. The zero-order valence-electron chi connectivity index (χ0n) is 35.0. The van der Waals surface area contributed by atoms with Gasteiger partial charge < -0.3 is 38.8 Å². The fourth-order valence-corrected chi connectivity index (χ4v) is 9.12. The fourth-order valence-electron chi connectivity index (χ4n) is 9.12. The number of urea groups is 1. The number of carbonyl (C=O) groups is 4. The minimum Gasteiger partial charge on any atom is -0.465 e. The normalized spacial score (nSPS) is 19.4. The molecular weight excluding hydrogens is 757 g/mol. The molecule has 4 amide bonds. The van der Waals surface area contributed by atoms with Crippen molar-refractivity contribution in [3.8, 4) is 0 Å². The van der Waals surface area contributed by atoms with E-state index in [0.717, 1.165) is 80.8 Å². The van der Waals surface area contributed by atoms with Gasteiger partial charge in [-0.05, 0) is 88.4 Å². The number of benzene rings is 2. The lowest BCUT2D eigenvalue weighted by atomic mass is 9.99. The van der Waals surface area contributed by atoms with Crippen LogP contribution < -0.4 is 11.1 Å². The van der Waals surface area contributed by atoms with Crippen LogP contribution in [0.3, 0.4) is 0 Å². The van der Waals surface area contributed by atoms with Crippen molar-refractivity contribution in [2.24, 2.45) is 7.05 Å². The summed E-state index contributed by atoms with van der Waals surface area (Å²) < 4.78 is 18.5. The number of ether oxygens (including phenoxy) is 2. The Bertz CT molecular complexity index is 2020. The minimum atomic E-state index is -1.08. The van der Waals surface area contributed by atoms with Crippen LogP contribution in [0.25, 0.3) is 11.1 Å². The maximum atomic E-state index is 14.3. The van der Waals surface area contributed by atoms with Crippen molar-refractivity contribution in [3.05, 3.63) is 63.6 Å². The van der Waals surface area contributed by atoms with Crippen molar-refractivity contribution in [2.45, 2.75) is 70.1 Å². The Morgan fingerprint density at radius 2 is 1.59 bits per heavy atom. The molecule has 2 aromatic carbocycles. The highest BCUT2D eigenvalue weighted by Crippen LogP contribution is 2.27. The van der Waals surface area contributed by atoms with Gasteiger partial charge in [0, 0.05) is 96.7 Å². The van der Waals surface area contributed by atoms with Crippen molar-refractivity contribution >= 4 is 40.8 Å². The number of aromatic nitrogens is 1. The molecule has 3 fully saturated rings. The van der Waals surface area contributed by atoms with Crippen LogP contribution >= 0.6 is 0 Å². The van der Waals surface area contributed by atoms with Gasteiger partial charge in [-0.3, -0.25) is 24.0 Å². The highest BCUT2D eigenvalue weighted by molar-refractivity contribution is 5.91. The number of esters is 1. The third-order valence-corrected chi connectivity index (χ3v) is 12.4. The van der Waals surface area contributed by atoms with E-state index in [9.17, 15) is 24.0 Å². The number of anilines is 1. The molecule has 1 atom stereocenters. The summed E-state index contributed by atoms with van der Waals surface area (Å²) in [5, 5.41) is 3.05. The summed E-state index contributed by atoms with van der Waals surface area (Å²) in [5.41, 5.74) is 4.60. The first-order valence-electron chi connectivity index (χ1n) is 21.2. The topological polar surface area (TPSA) is 153 Å². The number of carbonyl (C=O) groups excluding carboxylic acids is 4. The Labute approximate surface area is 345 Å². The zero-order chi connectivity index (χ0) is 41.6. The molecule has 5 heterocycles. The third-order valence-electron chi connectivity index (χ3n) is 12.4. The lowest BCUT2D eigenvalue weighted by Gasteiger charge is -2.43. The van der Waals surface area contributed by atoms with Gasteiger partial charge in [0.2, 0.25) is 0 Å². The van der Waals surface area contributed by atoms with Crippen molar-refractivity contribution in [1.82, 2.24) is 34.0 Å². The largest absolute Gasteiger partial charge is 0.465 e. The van der Waals surface area contributed by atoms with Gasteiger partial charge in [-0.1, -0.05) is 24.3 Å². The number of likely N-dealkylation sites (tertiary alicyclic amines) is 2. The van der Waals surface area contributed by atoms with E-state index in [1.54, 1.807) is 18.0 Å². The molecule has 1 aromatic heterocycles. The number of nitrogens with zero attached hydrogens (tertiary/aromatic N) is 7. The molecule has 320 valence electrons. The van der Waals surface area contributed by atoms with Crippen LogP contribution in [0.5, 0.6) is 0 Å². The number of oxazole rings is 1. The average Bonchev–Trinajstić information content (AvgIpc) is 3.40. The molecule has 0 saturated carbocycles. The summed E-state index contributed by atoms with van der Waals surface area (Å²) in [6.07, 6.45) is 2.86. The number of nitrogens with one attached hydrogen (secondary N) is 1. The number of amides is 4. The van der Waals surface area contributed by atoms with Crippen LogP contribution in [-0.4, -0.2) is 169 Å². The van der Waals surface area contributed by atoms with E-state index in [-0.39, 0.29) is 30.4 Å². The number of hydrogen-bond donors (Lipinski definition) is 1. The Balaban J connectivity index is 0.946. The van der Waals surface area contributed by atoms with E-state index in [1.807, 2.05) is 61.2 Å². The molecular formula is C43H60N8O8. The summed E-state index contributed by atoms with van der Waals surface area (Å²) in [6.45, 7) is 9.23. The molecule has 4 aliphatic heterocycles.